The van der Waals surface area contributed by atoms with Gasteiger partial charge < -0.3 is 15.4 Å². The van der Waals surface area contributed by atoms with Gasteiger partial charge in [0.05, 0.1) is 18.3 Å². The molecule has 0 amide bonds. The van der Waals surface area contributed by atoms with E-state index in [1.54, 1.807) is 13.2 Å². The molecule has 0 bridgehead atoms. The Labute approximate surface area is 151 Å². The number of nitrogens with one attached hydrogen (secondary N) is 2. The van der Waals surface area contributed by atoms with E-state index in [0.717, 1.165) is 31.2 Å². The van der Waals surface area contributed by atoms with Gasteiger partial charge in [-0.25, -0.2) is 0 Å². The Morgan fingerprint density at radius 2 is 2.09 bits per heavy atom. The van der Waals surface area contributed by atoms with Crippen LogP contribution in [0.2, 0.25) is 0 Å². The third kappa shape index (κ3) is 8.53. The molecule has 0 spiro atoms. The molecule has 0 aliphatic heterocycles. The van der Waals surface area contributed by atoms with Crippen molar-refractivity contribution in [3.63, 3.8) is 0 Å². The highest BCUT2D eigenvalue weighted by Gasteiger charge is 2.12. The Bertz CT molecular complexity index is 412. The smallest absolute Gasteiger partial charge is 0.191 e. The van der Waals surface area contributed by atoms with Gasteiger partial charge in [0, 0.05) is 26.4 Å². The standard InChI is InChI=1S/C16H28N4O.HI/c1-5-21-15(13(2)3)9-11-19-16(17-4)20-12-14-8-6-7-10-18-14;/h6-8,10,13,15H,5,9,11-12H2,1-4H3,(H2,17,19,20);1H. The first-order valence-electron chi connectivity index (χ1n) is 7.63. The van der Waals surface area contributed by atoms with Crippen molar-refractivity contribution in [1.29, 1.82) is 0 Å². The van der Waals surface area contributed by atoms with Gasteiger partial charge in [0.2, 0.25) is 0 Å². The van der Waals surface area contributed by atoms with Crippen LogP contribution in [0.5, 0.6) is 0 Å². The maximum absolute atomic E-state index is 5.74. The summed E-state index contributed by atoms with van der Waals surface area (Å²) in [6, 6.07) is 5.88. The van der Waals surface area contributed by atoms with Crippen molar-refractivity contribution in [3.05, 3.63) is 30.1 Å². The molecular formula is C16H29IN4O. The maximum Gasteiger partial charge on any atom is 0.191 e. The lowest BCUT2D eigenvalue weighted by Gasteiger charge is -2.21. The Hall–Kier alpha value is -0.890. The van der Waals surface area contributed by atoms with Gasteiger partial charge in [-0.3, -0.25) is 9.98 Å². The molecular weight excluding hydrogens is 391 g/mol. The minimum atomic E-state index is 0. The van der Waals surface area contributed by atoms with E-state index >= 15 is 0 Å². The van der Waals surface area contributed by atoms with Crippen molar-refractivity contribution < 1.29 is 4.74 Å². The van der Waals surface area contributed by atoms with Gasteiger partial charge in [0.1, 0.15) is 0 Å². The number of rotatable bonds is 8. The Morgan fingerprint density at radius 1 is 1.32 bits per heavy atom. The van der Waals surface area contributed by atoms with Crippen molar-refractivity contribution in [1.82, 2.24) is 15.6 Å². The van der Waals surface area contributed by atoms with Crippen LogP contribution in [0.25, 0.3) is 0 Å². The third-order valence-corrected chi connectivity index (χ3v) is 3.23. The highest BCUT2D eigenvalue weighted by molar-refractivity contribution is 14.0. The third-order valence-electron chi connectivity index (χ3n) is 3.23. The second kappa shape index (κ2) is 12.6. The van der Waals surface area contributed by atoms with E-state index < -0.39 is 0 Å². The normalized spacial score (nSPS) is 12.7. The summed E-state index contributed by atoms with van der Waals surface area (Å²) < 4.78 is 5.74. The molecule has 1 aromatic heterocycles. The lowest BCUT2D eigenvalue weighted by atomic mass is 10.0. The van der Waals surface area contributed by atoms with Crippen LogP contribution in [0.4, 0.5) is 0 Å². The van der Waals surface area contributed by atoms with Crippen LogP contribution in [0.1, 0.15) is 32.9 Å². The Kier molecular flexibility index (Phi) is 12.1. The van der Waals surface area contributed by atoms with Crippen LogP contribution in [0.3, 0.4) is 0 Å². The number of aliphatic imine (C=N–C) groups is 1. The van der Waals surface area contributed by atoms with Gasteiger partial charge in [0.15, 0.2) is 5.96 Å². The van der Waals surface area contributed by atoms with Gasteiger partial charge >= 0.3 is 0 Å². The van der Waals surface area contributed by atoms with E-state index in [4.69, 9.17) is 4.74 Å². The Morgan fingerprint density at radius 3 is 2.64 bits per heavy atom. The van der Waals surface area contributed by atoms with Gasteiger partial charge in [-0.15, -0.1) is 24.0 Å². The summed E-state index contributed by atoms with van der Waals surface area (Å²) in [7, 11) is 1.77. The molecule has 1 atom stereocenters. The predicted molar refractivity (Wildman–Crippen MR) is 103 cm³/mol. The topological polar surface area (TPSA) is 58.5 Å². The van der Waals surface area contributed by atoms with Crippen LogP contribution in [0, 0.1) is 5.92 Å². The molecule has 0 fully saturated rings. The largest absolute Gasteiger partial charge is 0.378 e. The zero-order valence-corrected chi connectivity index (χ0v) is 16.3. The second-order valence-corrected chi connectivity index (χ2v) is 5.20. The predicted octanol–water partition coefficient (Wildman–Crippen LogP) is 2.82. The lowest BCUT2D eigenvalue weighted by Crippen LogP contribution is -2.39. The van der Waals surface area contributed by atoms with Gasteiger partial charge in [-0.05, 0) is 31.4 Å². The van der Waals surface area contributed by atoms with E-state index in [9.17, 15) is 0 Å². The number of guanidine groups is 1. The molecule has 0 saturated heterocycles. The molecule has 0 aliphatic carbocycles. The molecule has 0 radical (unpaired) electrons. The van der Waals surface area contributed by atoms with Crippen LogP contribution in [-0.2, 0) is 11.3 Å². The highest BCUT2D eigenvalue weighted by atomic mass is 127. The maximum atomic E-state index is 5.74. The summed E-state index contributed by atoms with van der Waals surface area (Å²) >= 11 is 0. The van der Waals surface area contributed by atoms with E-state index in [1.807, 2.05) is 25.1 Å². The summed E-state index contributed by atoms with van der Waals surface area (Å²) in [4.78, 5) is 8.49. The number of aromatic nitrogens is 1. The van der Waals surface area contributed by atoms with Gasteiger partial charge in [-0.1, -0.05) is 19.9 Å². The average molecular weight is 420 g/mol. The van der Waals surface area contributed by atoms with E-state index in [-0.39, 0.29) is 30.1 Å². The van der Waals surface area contributed by atoms with E-state index in [1.165, 1.54) is 0 Å². The lowest BCUT2D eigenvalue weighted by molar-refractivity contribution is 0.0258. The number of halogens is 1. The average Bonchev–Trinajstić information content (AvgIpc) is 2.50. The van der Waals surface area contributed by atoms with Crippen LogP contribution in [-0.4, -0.2) is 37.2 Å². The first-order chi connectivity index (χ1) is 10.2. The Balaban J connectivity index is 0.00000441. The van der Waals surface area contributed by atoms with Crippen molar-refractivity contribution in [3.8, 4) is 0 Å². The summed E-state index contributed by atoms with van der Waals surface area (Å²) in [5, 5.41) is 6.57. The molecule has 1 unspecified atom stereocenters. The first-order valence-corrected chi connectivity index (χ1v) is 7.63. The van der Waals surface area contributed by atoms with Crippen molar-refractivity contribution in [2.75, 3.05) is 20.2 Å². The minimum absolute atomic E-state index is 0. The molecule has 5 nitrogen and oxygen atoms in total. The van der Waals surface area contributed by atoms with Gasteiger partial charge in [-0.2, -0.15) is 0 Å². The summed E-state index contributed by atoms with van der Waals surface area (Å²) in [6.45, 7) is 8.68. The molecule has 0 aliphatic rings. The van der Waals surface area contributed by atoms with Crippen LogP contribution >= 0.6 is 24.0 Å². The fourth-order valence-corrected chi connectivity index (χ4v) is 2.05. The first kappa shape index (κ1) is 21.1. The number of hydrogen-bond donors (Lipinski definition) is 2. The van der Waals surface area contributed by atoms with Crippen molar-refractivity contribution >= 4 is 29.9 Å². The fraction of sp³-hybridized carbons (Fsp3) is 0.625. The van der Waals surface area contributed by atoms with Gasteiger partial charge in [0.25, 0.3) is 0 Å². The van der Waals surface area contributed by atoms with Crippen molar-refractivity contribution in [2.45, 2.75) is 39.8 Å². The summed E-state index contributed by atoms with van der Waals surface area (Å²) in [5.41, 5.74) is 0.995. The highest BCUT2D eigenvalue weighted by Crippen LogP contribution is 2.09. The molecule has 1 heterocycles. The zero-order valence-electron chi connectivity index (χ0n) is 14.0. The monoisotopic (exact) mass is 420 g/mol. The molecule has 1 rings (SSSR count). The molecule has 0 aromatic carbocycles. The van der Waals surface area contributed by atoms with E-state index in [2.05, 4.69) is 34.5 Å². The molecule has 0 saturated carbocycles. The molecule has 1 aromatic rings. The van der Waals surface area contributed by atoms with Crippen LogP contribution < -0.4 is 10.6 Å². The molecule has 22 heavy (non-hydrogen) atoms. The van der Waals surface area contributed by atoms with E-state index in [0.29, 0.717) is 12.5 Å². The second-order valence-electron chi connectivity index (χ2n) is 5.20. The molecule has 6 heteroatoms. The summed E-state index contributed by atoms with van der Waals surface area (Å²) in [6.07, 6.45) is 3.05. The van der Waals surface area contributed by atoms with Crippen LogP contribution in [0.15, 0.2) is 29.4 Å². The fourth-order valence-electron chi connectivity index (χ4n) is 2.05. The molecule has 2 N–H and O–H groups in total. The number of hydrogen-bond acceptors (Lipinski definition) is 3. The number of pyridine rings is 1. The number of nitrogens with zero attached hydrogens (tertiary/aromatic N) is 2. The quantitative estimate of drug-likeness (QED) is 0.386. The van der Waals surface area contributed by atoms with Crippen molar-refractivity contribution in [2.24, 2.45) is 10.9 Å². The molecule has 126 valence electrons. The minimum Gasteiger partial charge on any atom is -0.378 e. The SMILES string of the molecule is CCOC(CCNC(=NC)NCc1ccccn1)C(C)C.I. The number of ether oxygens (including phenoxy) is 1. The zero-order chi connectivity index (χ0) is 15.5. The summed E-state index contributed by atoms with van der Waals surface area (Å²) in [5.74, 6) is 1.31.